The van der Waals surface area contributed by atoms with E-state index in [1.165, 1.54) is 17.7 Å². The molecule has 0 spiro atoms. The monoisotopic (exact) mass is 505 g/mol. The zero-order chi connectivity index (χ0) is 22.2. The van der Waals surface area contributed by atoms with Crippen LogP contribution in [0.2, 0.25) is 5.02 Å². The average Bonchev–Trinajstić information content (AvgIpc) is 2.77. The van der Waals surface area contributed by atoms with Crippen LogP contribution in [0.25, 0.3) is 0 Å². The van der Waals surface area contributed by atoms with Gasteiger partial charge >= 0.3 is 0 Å². The first-order valence-electron chi connectivity index (χ1n) is 10.2. The van der Waals surface area contributed by atoms with Crippen molar-refractivity contribution in [3.63, 3.8) is 0 Å². The molecule has 0 fully saturated rings. The van der Waals surface area contributed by atoms with E-state index in [1.54, 1.807) is 13.2 Å². The van der Waals surface area contributed by atoms with Crippen molar-refractivity contribution in [3.8, 4) is 11.5 Å². The molecule has 3 nitrogen and oxygen atoms in total. The highest BCUT2D eigenvalue weighted by molar-refractivity contribution is 9.10. The Kier molecular flexibility index (Phi) is 8.76. The zero-order valence-corrected chi connectivity index (χ0v) is 20.0. The topological polar surface area (TPSA) is 30.5 Å². The van der Waals surface area contributed by atoms with Crippen LogP contribution in [0.15, 0.2) is 65.1 Å². The number of rotatable bonds is 10. The van der Waals surface area contributed by atoms with Gasteiger partial charge in [0, 0.05) is 18.2 Å². The quantitative estimate of drug-likeness (QED) is 0.323. The van der Waals surface area contributed by atoms with Gasteiger partial charge < -0.3 is 14.8 Å². The van der Waals surface area contributed by atoms with Crippen molar-refractivity contribution < 1.29 is 13.9 Å². The van der Waals surface area contributed by atoms with Crippen molar-refractivity contribution in [3.05, 3.63) is 92.7 Å². The Morgan fingerprint density at radius 3 is 2.55 bits per heavy atom. The molecule has 31 heavy (non-hydrogen) atoms. The second kappa shape index (κ2) is 11.5. The fourth-order valence-corrected chi connectivity index (χ4v) is 4.05. The van der Waals surface area contributed by atoms with Gasteiger partial charge in [-0.05, 0) is 71.1 Å². The SMILES string of the molecule is COc1cc(CNC(C)CCc2ccccc2)cc(Br)c1OCc1ccc(F)cc1Cl. The van der Waals surface area contributed by atoms with Crippen LogP contribution < -0.4 is 14.8 Å². The summed E-state index contributed by atoms with van der Waals surface area (Å²) >= 11 is 9.68. The number of ether oxygens (including phenoxy) is 2. The molecular weight excluding hydrogens is 481 g/mol. The molecule has 0 heterocycles. The number of hydrogen-bond acceptors (Lipinski definition) is 3. The maximum absolute atomic E-state index is 13.2. The number of hydrogen-bond donors (Lipinski definition) is 1. The largest absolute Gasteiger partial charge is 0.493 e. The van der Waals surface area contributed by atoms with Gasteiger partial charge in [0.15, 0.2) is 11.5 Å². The Hall–Kier alpha value is -2.08. The molecular formula is C25H26BrClFNO2. The first-order valence-corrected chi connectivity index (χ1v) is 11.3. The van der Waals surface area contributed by atoms with E-state index in [-0.39, 0.29) is 12.4 Å². The fraction of sp³-hybridized carbons (Fsp3) is 0.280. The molecule has 3 rings (SSSR count). The van der Waals surface area contributed by atoms with Gasteiger partial charge in [-0.15, -0.1) is 0 Å². The number of benzene rings is 3. The van der Waals surface area contributed by atoms with Crippen LogP contribution in [0, 0.1) is 5.82 Å². The highest BCUT2D eigenvalue weighted by Gasteiger charge is 2.14. The summed E-state index contributed by atoms with van der Waals surface area (Å²) < 4.78 is 25.5. The van der Waals surface area contributed by atoms with Gasteiger partial charge in [0.25, 0.3) is 0 Å². The van der Waals surface area contributed by atoms with E-state index in [0.29, 0.717) is 28.1 Å². The van der Waals surface area contributed by atoms with Crippen molar-refractivity contribution in [1.82, 2.24) is 5.32 Å². The maximum Gasteiger partial charge on any atom is 0.175 e. The van der Waals surface area contributed by atoms with Gasteiger partial charge in [-0.2, -0.15) is 0 Å². The predicted octanol–water partition coefficient (Wildman–Crippen LogP) is 6.94. The van der Waals surface area contributed by atoms with Crippen LogP contribution in [0.5, 0.6) is 11.5 Å². The molecule has 164 valence electrons. The van der Waals surface area contributed by atoms with Crippen molar-refractivity contribution >= 4 is 27.5 Å². The molecule has 1 N–H and O–H groups in total. The highest BCUT2D eigenvalue weighted by atomic mass is 79.9. The minimum absolute atomic E-state index is 0.211. The normalized spacial score (nSPS) is 11.9. The van der Waals surface area contributed by atoms with Crippen molar-refractivity contribution in [1.29, 1.82) is 0 Å². The second-order valence-corrected chi connectivity index (χ2v) is 8.70. The number of halogens is 3. The van der Waals surface area contributed by atoms with E-state index < -0.39 is 0 Å². The molecule has 0 aliphatic carbocycles. The number of nitrogens with one attached hydrogen (secondary N) is 1. The Labute approximate surface area is 196 Å². The van der Waals surface area contributed by atoms with Crippen molar-refractivity contribution in [2.45, 2.75) is 39.0 Å². The van der Waals surface area contributed by atoms with Gasteiger partial charge in [0.05, 0.1) is 16.6 Å². The predicted molar refractivity (Wildman–Crippen MR) is 128 cm³/mol. The Morgan fingerprint density at radius 2 is 1.84 bits per heavy atom. The molecule has 3 aromatic carbocycles. The first kappa shape index (κ1) is 23.6. The summed E-state index contributed by atoms with van der Waals surface area (Å²) in [6, 6.07) is 19.1. The molecule has 1 atom stereocenters. The van der Waals surface area contributed by atoms with Gasteiger partial charge in [0.2, 0.25) is 0 Å². The van der Waals surface area contributed by atoms with E-state index in [1.807, 2.05) is 18.2 Å². The molecule has 0 radical (unpaired) electrons. The van der Waals surface area contributed by atoms with Crippen LogP contribution >= 0.6 is 27.5 Å². The first-order chi connectivity index (χ1) is 15.0. The zero-order valence-electron chi connectivity index (χ0n) is 17.6. The Bertz CT molecular complexity index is 1000. The van der Waals surface area contributed by atoms with Gasteiger partial charge in [-0.3, -0.25) is 0 Å². The van der Waals surface area contributed by atoms with Crippen LogP contribution in [0.3, 0.4) is 0 Å². The van der Waals surface area contributed by atoms with Crippen molar-refractivity contribution in [2.75, 3.05) is 7.11 Å². The number of aryl methyl sites for hydroxylation is 1. The van der Waals surface area contributed by atoms with Crippen LogP contribution in [0.1, 0.15) is 30.0 Å². The molecule has 0 amide bonds. The highest BCUT2D eigenvalue weighted by Crippen LogP contribution is 2.37. The van der Waals surface area contributed by atoms with E-state index in [4.69, 9.17) is 21.1 Å². The minimum Gasteiger partial charge on any atom is -0.493 e. The lowest BCUT2D eigenvalue weighted by Gasteiger charge is -2.17. The number of methoxy groups -OCH3 is 1. The van der Waals surface area contributed by atoms with E-state index in [9.17, 15) is 4.39 Å². The van der Waals surface area contributed by atoms with E-state index >= 15 is 0 Å². The third kappa shape index (κ3) is 6.96. The molecule has 0 saturated carbocycles. The standard InChI is InChI=1S/C25H26BrClFNO2/c1-17(8-9-18-6-4-3-5-7-18)29-15-19-12-22(26)25(24(13-19)30-2)31-16-20-10-11-21(28)14-23(20)27/h3-7,10-14,17,29H,8-9,15-16H2,1-2H3. The Morgan fingerprint density at radius 1 is 1.06 bits per heavy atom. The van der Waals surface area contributed by atoms with Crippen LogP contribution in [0.4, 0.5) is 4.39 Å². The maximum atomic E-state index is 13.2. The van der Waals surface area contributed by atoms with E-state index in [2.05, 4.69) is 52.4 Å². The lowest BCUT2D eigenvalue weighted by atomic mass is 10.1. The summed E-state index contributed by atoms with van der Waals surface area (Å²) in [5.74, 6) is 0.840. The van der Waals surface area contributed by atoms with Crippen molar-refractivity contribution in [2.24, 2.45) is 0 Å². The lowest BCUT2D eigenvalue weighted by Crippen LogP contribution is -2.26. The summed E-state index contributed by atoms with van der Waals surface area (Å²) in [6.07, 6.45) is 2.10. The third-order valence-corrected chi connectivity index (χ3v) is 5.98. The minimum atomic E-state index is -0.373. The Balaban J connectivity index is 1.59. The average molecular weight is 507 g/mol. The third-order valence-electron chi connectivity index (χ3n) is 5.04. The van der Waals surface area contributed by atoms with E-state index in [0.717, 1.165) is 29.4 Å². The molecule has 0 aromatic heterocycles. The molecule has 0 aliphatic heterocycles. The fourth-order valence-electron chi connectivity index (χ4n) is 3.23. The summed E-state index contributed by atoms with van der Waals surface area (Å²) in [4.78, 5) is 0. The van der Waals surface area contributed by atoms with Gasteiger partial charge in [-0.25, -0.2) is 4.39 Å². The van der Waals surface area contributed by atoms with Gasteiger partial charge in [-0.1, -0.05) is 48.0 Å². The molecule has 0 bridgehead atoms. The van der Waals surface area contributed by atoms with Crippen LogP contribution in [-0.4, -0.2) is 13.2 Å². The molecule has 0 saturated heterocycles. The summed E-state index contributed by atoms with van der Waals surface area (Å²) in [6.45, 7) is 3.12. The summed E-state index contributed by atoms with van der Waals surface area (Å²) in [7, 11) is 1.61. The summed E-state index contributed by atoms with van der Waals surface area (Å²) in [5.41, 5.74) is 3.14. The summed E-state index contributed by atoms with van der Waals surface area (Å²) in [5, 5.41) is 3.90. The lowest BCUT2D eigenvalue weighted by molar-refractivity contribution is 0.282. The van der Waals surface area contributed by atoms with Crippen LogP contribution in [-0.2, 0) is 19.6 Å². The molecule has 3 aromatic rings. The molecule has 6 heteroatoms. The van der Waals surface area contributed by atoms with Gasteiger partial charge in [0.1, 0.15) is 12.4 Å². The smallest absolute Gasteiger partial charge is 0.175 e. The molecule has 0 aliphatic rings. The second-order valence-electron chi connectivity index (χ2n) is 7.44. The molecule has 1 unspecified atom stereocenters.